The van der Waals surface area contributed by atoms with Crippen molar-refractivity contribution < 1.29 is 4.79 Å². The van der Waals surface area contributed by atoms with Crippen LogP contribution in [0.2, 0.25) is 0 Å². The predicted octanol–water partition coefficient (Wildman–Crippen LogP) is 3.02. The van der Waals surface area contributed by atoms with Crippen molar-refractivity contribution in [1.82, 2.24) is 4.90 Å². The van der Waals surface area contributed by atoms with E-state index in [1.165, 1.54) is 32.1 Å². The summed E-state index contributed by atoms with van der Waals surface area (Å²) in [5.41, 5.74) is 7.19. The van der Waals surface area contributed by atoms with Crippen LogP contribution in [0.1, 0.15) is 37.7 Å². The van der Waals surface area contributed by atoms with Gasteiger partial charge in [0.25, 0.3) is 0 Å². The molecule has 0 saturated heterocycles. The fraction of sp³-hybridized carbons (Fsp3) is 0.588. The van der Waals surface area contributed by atoms with Gasteiger partial charge in [0, 0.05) is 13.6 Å². The first kappa shape index (κ1) is 18.0. The zero-order chi connectivity index (χ0) is 14.4. The van der Waals surface area contributed by atoms with Gasteiger partial charge in [-0.15, -0.1) is 12.4 Å². The molecular weight excluding hydrogens is 284 g/mol. The second-order valence-corrected chi connectivity index (χ2v) is 6.02. The highest BCUT2D eigenvalue weighted by atomic mass is 35.5. The van der Waals surface area contributed by atoms with E-state index >= 15 is 0 Å². The Bertz CT molecular complexity index is 418. The molecule has 118 valence electrons. The Morgan fingerprint density at radius 3 is 2.48 bits per heavy atom. The zero-order valence-electron chi connectivity index (χ0n) is 12.8. The first-order valence-corrected chi connectivity index (χ1v) is 7.71. The van der Waals surface area contributed by atoms with Crippen LogP contribution >= 0.6 is 12.4 Å². The van der Waals surface area contributed by atoms with Crippen LogP contribution < -0.4 is 5.73 Å². The van der Waals surface area contributed by atoms with Crippen LogP contribution in [-0.4, -0.2) is 30.4 Å². The number of nitrogens with zero attached hydrogens (tertiary/aromatic N) is 1. The Kier molecular flexibility index (Phi) is 7.76. The summed E-state index contributed by atoms with van der Waals surface area (Å²) in [6.07, 6.45) is 7.10. The lowest BCUT2D eigenvalue weighted by Crippen LogP contribution is -2.44. The molecule has 1 saturated carbocycles. The lowest BCUT2D eigenvalue weighted by molar-refractivity contribution is -0.132. The van der Waals surface area contributed by atoms with Gasteiger partial charge in [0.1, 0.15) is 0 Å². The SMILES string of the molecule is CN(CC1CCCCC1)C(=O)[C@@H](N)Cc1ccccc1.Cl. The third-order valence-corrected chi connectivity index (χ3v) is 4.25. The molecule has 0 heterocycles. The van der Waals surface area contributed by atoms with Crippen molar-refractivity contribution in [1.29, 1.82) is 0 Å². The van der Waals surface area contributed by atoms with Gasteiger partial charge in [-0.1, -0.05) is 49.6 Å². The van der Waals surface area contributed by atoms with Gasteiger partial charge in [-0.3, -0.25) is 4.79 Å². The van der Waals surface area contributed by atoms with Gasteiger partial charge in [-0.05, 0) is 30.7 Å². The van der Waals surface area contributed by atoms with Gasteiger partial charge in [-0.2, -0.15) is 0 Å². The minimum Gasteiger partial charge on any atom is -0.344 e. The van der Waals surface area contributed by atoms with Gasteiger partial charge >= 0.3 is 0 Å². The fourth-order valence-electron chi connectivity index (χ4n) is 3.09. The topological polar surface area (TPSA) is 46.3 Å². The number of amides is 1. The Hall–Kier alpha value is -1.06. The molecule has 0 aromatic heterocycles. The van der Waals surface area contributed by atoms with Gasteiger partial charge < -0.3 is 10.6 Å². The number of carbonyl (C=O) groups excluding carboxylic acids is 1. The van der Waals surface area contributed by atoms with Gasteiger partial charge in [0.2, 0.25) is 5.91 Å². The fourth-order valence-corrected chi connectivity index (χ4v) is 3.09. The summed E-state index contributed by atoms with van der Waals surface area (Å²) in [6, 6.07) is 9.57. The number of likely N-dealkylation sites (N-methyl/N-ethyl adjacent to an activating group) is 1. The van der Waals surface area contributed by atoms with Crippen LogP contribution in [0.15, 0.2) is 30.3 Å². The van der Waals surface area contributed by atoms with Crippen molar-refractivity contribution >= 4 is 18.3 Å². The number of nitrogens with two attached hydrogens (primary N) is 1. The van der Waals surface area contributed by atoms with E-state index in [1.807, 2.05) is 42.3 Å². The first-order valence-electron chi connectivity index (χ1n) is 7.71. The molecule has 1 amide bonds. The van der Waals surface area contributed by atoms with Crippen LogP contribution in [0.5, 0.6) is 0 Å². The van der Waals surface area contributed by atoms with Crippen LogP contribution in [0.3, 0.4) is 0 Å². The number of hydrogen-bond acceptors (Lipinski definition) is 2. The predicted molar refractivity (Wildman–Crippen MR) is 89.6 cm³/mol. The van der Waals surface area contributed by atoms with E-state index in [0.29, 0.717) is 12.3 Å². The lowest BCUT2D eigenvalue weighted by atomic mass is 9.89. The normalized spacial score (nSPS) is 16.9. The third kappa shape index (κ3) is 5.68. The maximum Gasteiger partial charge on any atom is 0.239 e. The Morgan fingerprint density at radius 2 is 1.86 bits per heavy atom. The van der Waals surface area contributed by atoms with Gasteiger partial charge in [0.05, 0.1) is 6.04 Å². The van der Waals surface area contributed by atoms with E-state index in [-0.39, 0.29) is 18.3 Å². The van der Waals surface area contributed by atoms with Crippen molar-refractivity contribution in [3.8, 4) is 0 Å². The molecule has 2 N–H and O–H groups in total. The molecule has 0 unspecified atom stereocenters. The number of hydrogen-bond donors (Lipinski definition) is 1. The Balaban J connectivity index is 0.00000220. The molecule has 4 heteroatoms. The number of rotatable bonds is 5. The van der Waals surface area contributed by atoms with Crippen molar-refractivity contribution in [3.63, 3.8) is 0 Å². The minimum absolute atomic E-state index is 0. The Labute approximate surface area is 134 Å². The standard InChI is InChI=1S/C17H26N2O.ClH/c1-19(13-15-10-6-3-7-11-15)17(20)16(18)12-14-8-4-2-5-9-14;/h2,4-5,8-9,15-16H,3,6-7,10-13,18H2,1H3;1H/t16-;/m0./s1. The monoisotopic (exact) mass is 310 g/mol. The molecular formula is C17H27ClN2O. The first-order chi connectivity index (χ1) is 9.66. The summed E-state index contributed by atoms with van der Waals surface area (Å²) >= 11 is 0. The quantitative estimate of drug-likeness (QED) is 0.908. The third-order valence-electron chi connectivity index (χ3n) is 4.25. The van der Waals surface area contributed by atoms with Gasteiger partial charge in [0.15, 0.2) is 0 Å². The molecule has 1 aliphatic carbocycles. The molecule has 0 bridgehead atoms. The summed E-state index contributed by atoms with van der Waals surface area (Å²) in [4.78, 5) is 14.2. The smallest absolute Gasteiger partial charge is 0.239 e. The lowest BCUT2D eigenvalue weighted by Gasteiger charge is -2.28. The molecule has 1 aromatic rings. The van der Waals surface area contributed by atoms with Crippen LogP contribution in [-0.2, 0) is 11.2 Å². The number of carbonyl (C=O) groups is 1. The molecule has 1 atom stereocenters. The molecule has 1 fully saturated rings. The highest BCUT2D eigenvalue weighted by Gasteiger charge is 2.22. The van der Waals surface area contributed by atoms with Gasteiger partial charge in [-0.25, -0.2) is 0 Å². The molecule has 2 rings (SSSR count). The Morgan fingerprint density at radius 1 is 1.24 bits per heavy atom. The van der Waals surface area contributed by atoms with E-state index in [0.717, 1.165) is 12.1 Å². The van der Waals surface area contributed by atoms with E-state index in [9.17, 15) is 4.79 Å². The van der Waals surface area contributed by atoms with Crippen LogP contribution in [0.4, 0.5) is 0 Å². The highest BCUT2D eigenvalue weighted by Crippen LogP contribution is 2.24. The minimum atomic E-state index is -0.425. The number of halogens is 1. The molecule has 3 nitrogen and oxygen atoms in total. The van der Waals surface area contributed by atoms with Crippen molar-refractivity contribution in [2.75, 3.05) is 13.6 Å². The van der Waals surface area contributed by atoms with E-state index < -0.39 is 6.04 Å². The van der Waals surface area contributed by atoms with Crippen molar-refractivity contribution in [2.24, 2.45) is 11.7 Å². The zero-order valence-corrected chi connectivity index (χ0v) is 13.6. The maximum atomic E-state index is 12.3. The second kappa shape index (κ2) is 9.06. The van der Waals surface area contributed by atoms with E-state index in [4.69, 9.17) is 5.73 Å². The van der Waals surface area contributed by atoms with E-state index in [2.05, 4.69) is 0 Å². The van der Waals surface area contributed by atoms with Crippen LogP contribution in [0, 0.1) is 5.92 Å². The summed E-state index contributed by atoms with van der Waals surface area (Å²) in [6.45, 7) is 0.862. The molecule has 0 radical (unpaired) electrons. The number of benzene rings is 1. The molecule has 21 heavy (non-hydrogen) atoms. The average Bonchev–Trinajstić information content (AvgIpc) is 2.48. The summed E-state index contributed by atoms with van der Waals surface area (Å²) in [5.74, 6) is 0.737. The maximum absolute atomic E-state index is 12.3. The summed E-state index contributed by atoms with van der Waals surface area (Å²) in [7, 11) is 1.89. The highest BCUT2D eigenvalue weighted by molar-refractivity contribution is 5.85. The second-order valence-electron chi connectivity index (χ2n) is 6.02. The van der Waals surface area contributed by atoms with Crippen LogP contribution in [0.25, 0.3) is 0 Å². The van der Waals surface area contributed by atoms with Crippen molar-refractivity contribution in [2.45, 2.75) is 44.6 Å². The molecule has 0 spiro atoms. The molecule has 1 aliphatic rings. The molecule has 0 aliphatic heterocycles. The largest absolute Gasteiger partial charge is 0.344 e. The summed E-state index contributed by atoms with van der Waals surface area (Å²) in [5, 5.41) is 0. The average molecular weight is 311 g/mol. The molecule has 1 aromatic carbocycles. The summed E-state index contributed by atoms with van der Waals surface area (Å²) < 4.78 is 0. The van der Waals surface area contributed by atoms with Crippen molar-refractivity contribution in [3.05, 3.63) is 35.9 Å². The van der Waals surface area contributed by atoms with E-state index in [1.54, 1.807) is 0 Å².